The number of hydrogen-bond acceptors (Lipinski definition) is 7. The molecule has 0 saturated heterocycles. The van der Waals surface area contributed by atoms with Crippen LogP contribution in [0.3, 0.4) is 0 Å². The Labute approximate surface area is 206 Å². The summed E-state index contributed by atoms with van der Waals surface area (Å²) in [5.41, 5.74) is 7.66. The highest BCUT2D eigenvalue weighted by Gasteiger charge is 2.29. The van der Waals surface area contributed by atoms with Crippen LogP contribution in [-0.4, -0.2) is 53.9 Å². The molecule has 3 rings (SSSR count). The van der Waals surface area contributed by atoms with Gasteiger partial charge in [0.1, 0.15) is 5.60 Å². The largest absolute Gasteiger partial charge is 0.444 e. The molecule has 190 valence electrons. The van der Waals surface area contributed by atoms with Gasteiger partial charge in [0.2, 0.25) is 0 Å². The second-order valence-electron chi connectivity index (χ2n) is 9.65. The topological polar surface area (TPSA) is 135 Å². The monoisotopic (exact) mass is 503 g/mol. The standard InChI is InChI=1S/C25H33N3O6S/c1-16(12-18-14-27-23-20(18)10-7-11-22(23)34-35(5,31)32)28(24(30)33-25(2,3)4)15-21(29)17-8-6-9-19(26)13-17/h6-11,13-14,16,21,27,29H,12,15,26H2,1-5H3/t16-,21+/m1/s1. The Bertz CT molecular complexity index is 1300. The van der Waals surface area contributed by atoms with Crippen molar-refractivity contribution >= 4 is 32.8 Å². The molecule has 0 spiro atoms. The number of nitrogens with two attached hydrogens (primary N) is 1. The first-order valence-electron chi connectivity index (χ1n) is 11.2. The fourth-order valence-corrected chi connectivity index (χ4v) is 4.29. The Hall–Kier alpha value is -3.24. The average Bonchev–Trinajstić information content (AvgIpc) is 3.13. The van der Waals surface area contributed by atoms with Gasteiger partial charge in [-0.05, 0) is 63.4 Å². The van der Waals surface area contributed by atoms with Crippen molar-refractivity contribution in [2.45, 2.75) is 51.9 Å². The number of nitrogens with one attached hydrogen (secondary N) is 1. The van der Waals surface area contributed by atoms with Crippen molar-refractivity contribution in [2.24, 2.45) is 0 Å². The zero-order chi connectivity index (χ0) is 26.0. The van der Waals surface area contributed by atoms with E-state index in [2.05, 4.69) is 4.98 Å². The first-order valence-corrected chi connectivity index (χ1v) is 13.1. The number of aromatic amines is 1. The molecule has 2 atom stereocenters. The molecule has 10 heteroatoms. The van der Waals surface area contributed by atoms with E-state index in [9.17, 15) is 18.3 Å². The number of carbonyl (C=O) groups is 1. The summed E-state index contributed by atoms with van der Waals surface area (Å²) in [6.07, 6.45) is 1.66. The number of ether oxygens (including phenoxy) is 1. The van der Waals surface area contributed by atoms with Crippen molar-refractivity contribution in [3.8, 4) is 5.75 Å². The number of aromatic nitrogens is 1. The normalized spacial score (nSPS) is 13.9. The number of aliphatic hydroxyl groups is 1. The number of carbonyl (C=O) groups excluding carboxylic acids is 1. The first kappa shape index (κ1) is 26.4. The number of aliphatic hydroxyl groups excluding tert-OH is 1. The fourth-order valence-electron chi connectivity index (χ4n) is 3.83. The van der Waals surface area contributed by atoms with E-state index in [0.717, 1.165) is 17.2 Å². The second kappa shape index (κ2) is 10.2. The number of para-hydroxylation sites is 1. The average molecular weight is 504 g/mol. The molecule has 9 nitrogen and oxygen atoms in total. The number of fused-ring (bicyclic) bond motifs is 1. The van der Waals surface area contributed by atoms with Crippen LogP contribution in [0.5, 0.6) is 5.75 Å². The molecule has 0 saturated carbocycles. The van der Waals surface area contributed by atoms with Crippen LogP contribution < -0.4 is 9.92 Å². The van der Waals surface area contributed by atoms with Gasteiger partial charge in [0.25, 0.3) is 0 Å². The number of amides is 1. The highest BCUT2D eigenvalue weighted by Crippen LogP contribution is 2.30. The van der Waals surface area contributed by atoms with Gasteiger partial charge >= 0.3 is 16.2 Å². The minimum Gasteiger partial charge on any atom is -0.444 e. The van der Waals surface area contributed by atoms with Crippen molar-refractivity contribution in [1.82, 2.24) is 9.88 Å². The fraction of sp³-hybridized carbons (Fsp3) is 0.400. The predicted octanol–water partition coefficient (Wildman–Crippen LogP) is 3.99. The number of benzene rings is 2. The van der Waals surface area contributed by atoms with Crippen molar-refractivity contribution in [3.05, 3.63) is 59.8 Å². The second-order valence-corrected chi connectivity index (χ2v) is 11.2. The molecule has 1 aromatic heterocycles. The zero-order valence-electron chi connectivity index (χ0n) is 20.6. The maximum absolute atomic E-state index is 13.1. The van der Waals surface area contributed by atoms with Gasteiger partial charge in [-0.1, -0.05) is 24.3 Å². The molecule has 4 N–H and O–H groups in total. The van der Waals surface area contributed by atoms with Crippen LogP contribution in [0, 0.1) is 0 Å². The lowest BCUT2D eigenvalue weighted by Crippen LogP contribution is -2.45. The summed E-state index contributed by atoms with van der Waals surface area (Å²) in [6.45, 7) is 7.22. The maximum atomic E-state index is 13.1. The molecular formula is C25H33N3O6S. The van der Waals surface area contributed by atoms with Gasteiger partial charge < -0.3 is 29.6 Å². The molecule has 1 amide bonds. The summed E-state index contributed by atoms with van der Waals surface area (Å²) in [5, 5.41) is 11.6. The number of anilines is 1. The minimum atomic E-state index is -3.69. The van der Waals surface area contributed by atoms with E-state index in [0.29, 0.717) is 23.2 Å². The molecule has 0 unspecified atom stereocenters. The van der Waals surface area contributed by atoms with Crippen LogP contribution in [0.25, 0.3) is 10.9 Å². The third kappa shape index (κ3) is 7.12. The maximum Gasteiger partial charge on any atom is 0.410 e. The molecule has 0 bridgehead atoms. The summed E-state index contributed by atoms with van der Waals surface area (Å²) in [6, 6.07) is 11.7. The van der Waals surface area contributed by atoms with Gasteiger partial charge in [-0.25, -0.2) is 4.79 Å². The Kier molecular flexibility index (Phi) is 7.66. The molecule has 2 aromatic carbocycles. The Morgan fingerprint density at radius 3 is 2.51 bits per heavy atom. The Morgan fingerprint density at radius 2 is 1.89 bits per heavy atom. The van der Waals surface area contributed by atoms with Crippen LogP contribution in [0.1, 0.15) is 44.9 Å². The molecule has 0 aliphatic heterocycles. The van der Waals surface area contributed by atoms with Crippen LogP contribution in [0.4, 0.5) is 10.5 Å². The van der Waals surface area contributed by atoms with Crippen molar-refractivity contribution in [1.29, 1.82) is 0 Å². The van der Waals surface area contributed by atoms with Gasteiger partial charge in [-0.3, -0.25) is 0 Å². The van der Waals surface area contributed by atoms with E-state index in [1.165, 1.54) is 4.90 Å². The Balaban J connectivity index is 1.88. The SMILES string of the molecule is C[C@H](Cc1c[nH]c2c(OS(C)(=O)=O)cccc12)N(C[C@H](O)c1cccc(N)c1)C(=O)OC(C)(C)C. The quantitative estimate of drug-likeness (QED) is 0.312. The van der Waals surface area contributed by atoms with Gasteiger partial charge in [-0.2, -0.15) is 8.42 Å². The zero-order valence-corrected chi connectivity index (χ0v) is 21.4. The lowest BCUT2D eigenvalue weighted by atomic mass is 10.0. The summed E-state index contributed by atoms with van der Waals surface area (Å²) >= 11 is 0. The van der Waals surface area contributed by atoms with E-state index >= 15 is 0 Å². The summed E-state index contributed by atoms with van der Waals surface area (Å²) in [4.78, 5) is 17.7. The van der Waals surface area contributed by atoms with E-state index < -0.39 is 27.9 Å². The lowest BCUT2D eigenvalue weighted by Gasteiger charge is -2.33. The Morgan fingerprint density at radius 1 is 1.20 bits per heavy atom. The van der Waals surface area contributed by atoms with Crippen molar-refractivity contribution in [3.63, 3.8) is 0 Å². The van der Waals surface area contributed by atoms with Gasteiger partial charge in [0, 0.05) is 23.3 Å². The number of hydrogen-bond donors (Lipinski definition) is 3. The first-order chi connectivity index (χ1) is 16.2. The number of nitrogen functional groups attached to an aromatic ring is 1. The van der Waals surface area contributed by atoms with Crippen LogP contribution in [0.15, 0.2) is 48.7 Å². The van der Waals surface area contributed by atoms with Gasteiger partial charge in [-0.15, -0.1) is 0 Å². The molecular weight excluding hydrogens is 470 g/mol. The van der Waals surface area contributed by atoms with Crippen LogP contribution in [-0.2, 0) is 21.3 Å². The van der Waals surface area contributed by atoms with E-state index in [-0.39, 0.29) is 18.3 Å². The smallest absolute Gasteiger partial charge is 0.410 e. The highest BCUT2D eigenvalue weighted by atomic mass is 32.2. The van der Waals surface area contributed by atoms with Gasteiger partial charge in [0.05, 0.1) is 24.4 Å². The van der Waals surface area contributed by atoms with Crippen LogP contribution in [0.2, 0.25) is 0 Å². The molecule has 0 aliphatic rings. The molecule has 0 radical (unpaired) electrons. The van der Waals surface area contributed by atoms with E-state index in [1.807, 2.05) is 13.0 Å². The molecule has 0 fully saturated rings. The minimum absolute atomic E-state index is 0.00429. The summed E-state index contributed by atoms with van der Waals surface area (Å²) in [7, 11) is -3.69. The number of nitrogens with zero attached hydrogens (tertiary/aromatic N) is 1. The predicted molar refractivity (Wildman–Crippen MR) is 136 cm³/mol. The molecule has 1 heterocycles. The number of H-pyrrole nitrogens is 1. The third-order valence-electron chi connectivity index (χ3n) is 5.34. The highest BCUT2D eigenvalue weighted by molar-refractivity contribution is 7.86. The van der Waals surface area contributed by atoms with Crippen molar-refractivity contribution in [2.75, 3.05) is 18.5 Å². The molecule has 35 heavy (non-hydrogen) atoms. The van der Waals surface area contributed by atoms with Gasteiger partial charge in [0.15, 0.2) is 5.75 Å². The lowest BCUT2D eigenvalue weighted by molar-refractivity contribution is 0.00550. The number of rotatable bonds is 8. The molecule has 0 aliphatic carbocycles. The third-order valence-corrected chi connectivity index (χ3v) is 5.83. The summed E-state index contributed by atoms with van der Waals surface area (Å²) in [5.74, 6) is 0.199. The van der Waals surface area contributed by atoms with Crippen LogP contribution >= 0.6 is 0 Å². The molecule has 3 aromatic rings. The van der Waals surface area contributed by atoms with E-state index in [1.54, 1.807) is 63.4 Å². The summed E-state index contributed by atoms with van der Waals surface area (Å²) < 4.78 is 34.0. The van der Waals surface area contributed by atoms with E-state index in [4.69, 9.17) is 14.7 Å². The van der Waals surface area contributed by atoms with Crippen molar-refractivity contribution < 1.29 is 27.2 Å².